The molecule has 0 atom stereocenters. The molecule has 0 fully saturated rings. The Kier molecular flexibility index (Phi) is 4.86. The Morgan fingerprint density at radius 3 is 2.37 bits per heavy atom. The SMILES string of the molecule is CCCc1c(-c2ccc(C(=O)O)cc2)oc2cc(S(N)(=O)=O)ccc2c1=O. The predicted molar refractivity (Wildman–Crippen MR) is 100 cm³/mol. The van der Waals surface area contributed by atoms with Gasteiger partial charge in [0.15, 0.2) is 5.43 Å². The standard InChI is InChI=1S/C19H17NO6S/c1-2-3-15-17(21)14-9-8-13(27(20,24)25)10-16(14)26-18(15)11-4-6-12(7-5-11)19(22)23/h4-10H,2-3H2,1H3,(H,22,23)(H2,20,24,25). The third-order valence-corrected chi connectivity index (χ3v) is 5.09. The average molecular weight is 387 g/mol. The summed E-state index contributed by atoms with van der Waals surface area (Å²) in [6, 6.07) is 9.81. The summed E-state index contributed by atoms with van der Waals surface area (Å²) in [6.45, 7) is 1.92. The van der Waals surface area contributed by atoms with E-state index in [1.54, 1.807) is 12.1 Å². The topological polar surface area (TPSA) is 128 Å². The smallest absolute Gasteiger partial charge is 0.335 e. The number of sulfonamides is 1. The van der Waals surface area contributed by atoms with Crippen LogP contribution in [0.2, 0.25) is 0 Å². The van der Waals surface area contributed by atoms with Gasteiger partial charge < -0.3 is 9.52 Å². The van der Waals surface area contributed by atoms with Crippen molar-refractivity contribution >= 4 is 27.0 Å². The molecule has 0 unspecified atom stereocenters. The summed E-state index contributed by atoms with van der Waals surface area (Å²) < 4.78 is 29.1. The third-order valence-electron chi connectivity index (χ3n) is 4.18. The maximum atomic E-state index is 12.9. The molecular formula is C19H17NO6S. The van der Waals surface area contributed by atoms with E-state index in [0.29, 0.717) is 24.0 Å². The minimum absolute atomic E-state index is 0.101. The molecule has 0 saturated carbocycles. The van der Waals surface area contributed by atoms with Gasteiger partial charge in [0.25, 0.3) is 0 Å². The molecule has 3 aromatic rings. The summed E-state index contributed by atoms with van der Waals surface area (Å²) >= 11 is 0. The fourth-order valence-corrected chi connectivity index (χ4v) is 3.39. The van der Waals surface area contributed by atoms with Crippen molar-refractivity contribution in [3.05, 3.63) is 63.8 Å². The summed E-state index contributed by atoms with van der Waals surface area (Å²) in [6.07, 6.45) is 1.16. The number of nitrogens with two attached hydrogens (primary N) is 1. The van der Waals surface area contributed by atoms with E-state index in [1.165, 1.54) is 30.3 Å². The van der Waals surface area contributed by atoms with Crippen molar-refractivity contribution in [3.8, 4) is 11.3 Å². The van der Waals surface area contributed by atoms with Crippen molar-refractivity contribution < 1.29 is 22.7 Å². The number of benzene rings is 2. The molecule has 3 N–H and O–H groups in total. The highest BCUT2D eigenvalue weighted by molar-refractivity contribution is 7.89. The Hall–Kier alpha value is -2.97. The molecule has 0 saturated heterocycles. The van der Waals surface area contributed by atoms with E-state index < -0.39 is 16.0 Å². The van der Waals surface area contributed by atoms with E-state index in [1.807, 2.05) is 6.92 Å². The van der Waals surface area contributed by atoms with Crippen LogP contribution in [0.15, 0.2) is 56.6 Å². The van der Waals surface area contributed by atoms with Crippen LogP contribution in [0.1, 0.15) is 29.3 Å². The number of carboxylic acid groups (broad SMARTS) is 1. The van der Waals surface area contributed by atoms with Gasteiger partial charge in [-0.1, -0.05) is 25.5 Å². The highest BCUT2D eigenvalue weighted by atomic mass is 32.2. The summed E-state index contributed by atoms with van der Waals surface area (Å²) in [5.74, 6) is -0.772. The molecule has 0 radical (unpaired) electrons. The van der Waals surface area contributed by atoms with E-state index in [4.69, 9.17) is 14.7 Å². The molecule has 0 aliphatic rings. The van der Waals surface area contributed by atoms with Crippen LogP contribution in [0, 0.1) is 0 Å². The van der Waals surface area contributed by atoms with Gasteiger partial charge in [-0.3, -0.25) is 4.79 Å². The van der Waals surface area contributed by atoms with Gasteiger partial charge >= 0.3 is 5.97 Å². The van der Waals surface area contributed by atoms with Crippen molar-refractivity contribution in [1.29, 1.82) is 0 Å². The van der Waals surface area contributed by atoms with Crippen LogP contribution in [-0.2, 0) is 16.4 Å². The van der Waals surface area contributed by atoms with Crippen molar-refractivity contribution in [1.82, 2.24) is 0 Å². The summed E-state index contributed by atoms with van der Waals surface area (Å²) in [5, 5.41) is 14.5. The first-order valence-electron chi connectivity index (χ1n) is 8.18. The second-order valence-corrected chi connectivity index (χ2v) is 7.64. The average Bonchev–Trinajstić information content (AvgIpc) is 2.63. The molecule has 0 aliphatic carbocycles. The molecular weight excluding hydrogens is 370 g/mol. The highest BCUT2D eigenvalue weighted by Gasteiger charge is 2.18. The molecule has 0 spiro atoms. The molecule has 1 heterocycles. The number of fused-ring (bicyclic) bond motifs is 1. The lowest BCUT2D eigenvalue weighted by molar-refractivity contribution is 0.0697. The lowest BCUT2D eigenvalue weighted by Crippen LogP contribution is -2.14. The first-order valence-corrected chi connectivity index (χ1v) is 9.73. The highest BCUT2D eigenvalue weighted by Crippen LogP contribution is 2.28. The van der Waals surface area contributed by atoms with Gasteiger partial charge in [-0.05, 0) is 30.7 Å². The Morgan fingerprint density at radius 2 is 1.81 bits per heavy atom. The zero-order valence-electron chi connectivity index (χ0n) is 14.4. The first kappa shape index (κ1) is 18.8. The lowest BCUT2D eigenvalue weighted by atomic mass is 10.0. The summed E-state index contributed by atoms with van der Waals surface area (Å²) in [4.78, 5) is 23.8. The van der Waals surface area contributed by atoms with Crippen LogP contribution in [-0.4, -0.2) is 19.5 Å². The molecule has 8 heteroatoms. The minimum Gasteiger partial charge on any atom is -0.478 e. The second kappa shape index (κ2) is 6.98. The fourth-order valence-electron chi connectivity index (χ4n) is 2.86. The number of rotatable bonds is 5. The summed E-state index contributed by atoms with van der Waals surface area (Å²) in [5.41, 5.74) is 0.940. The number of primary sulfonamides is 1. The van der Waals surface area contributed by atoms with Gasteiger partial charge in [0.05, 0.1) is 15.8 Å². The number of hydrogen-bond acceptors (Lipinski definition) is 5. The molecule has 0 bridgehead atoms. The van der Waals surface area contributed by atoms with E-state index in [-0.39, 0.29) is 32.6 Å². The van der Waals surface area contributed by atoms with Crippen molar-refractivity contribution in [2.75, 3.05) is 0 Å². The van der Waals surface area contributed by atoms with Crippen LogP contribution in [0.4, 0.5) is 0 Å². The van der Waals surface area contributed by atoms with Crippen molar-refractivity contribution in [2.45, 2.75) is 24.7 Å². The second-order valence-electron chi connectivity index (χ2n) is 6.07. The van der Waals surface area contributed by atoms with Crippen molar-refractivity contribution in [3.63, 3.8) is 0 Å². The van der Waals surface area contributed by atoms with E-state index in [9.17, 15) is 18.0 Å². The maximum Gasteiger partial charge on any atom is 0.335 e. The Bertz CT molecular complexity index is 1190. The van der Waals surface area contributed by atoms with Crippen LogP contribution in [0.5, 0.6) is 0 Å². The lowest BCUT2D eigenvalue weighted by Gasteiger charge is -2.10. The van der Waals surface area contributed by atoms with Gasteiger partial charge in [0.2, 0.25) is 10.0 Å². The monoisotopic (exact) mass is 387 g/mol. The minimum atomic E-state index is -3.95. The molecule has 0 amide bonds. The van der Waals surface area contributed by atoms with Gasteiger partial charge in [-0.15, -0.1) is 0 Å². The van der Waals surface area contributed by atoms with Crippen LogP contribution in [0.25, 0.3) is 22.3 Å². The molecule has 7 nitrogen and oxygen atoms in total. The number of carboxylic acids is 1. The number of aromatic carboxylic acids is 1. The van der Waals surface area contributed by atoms with Gasteiger partial charge in [0, 0.05) is 17.2 Å². The Balaban J connectivity index is 2.30. The number of hydrogen-bond donors (Lipinski definition) is 2. The first-order chi connectivity index (χ1) is 12.7. The Labute approximate surface area is 155 Å². The molecule has 1 aromatic heterocycles. The molecule has 2 aromatic carbocycles. The summed E-state index contributed by atoms with van der Waals surface area (Å²) in [7, 11) is -3.95. The van der Waals surface area contributed by atoms with Gasteiger partial charge in [-0.2, -0.15) is 0 Å². The number of carbonyl (C=O) groups is 1. The largest absolute Gasteiger partial charge is 0.478 e. The molecule has 140 valence electrons. The van der Waals surface area contributed by atoms with Crippen LogP contribution in [0.3, 0.4) is 0 Å². The molecule has 27 heavy (non-hydrogen) atoms. The third kappa shape index (κ3) is 3.62. The zero-order valence-corrected chi connectivity index (χ0v) is 15.2. The fraction of sp³-hybridized carbons (Fsp3) is 0.158. The van der Waals surface area contributed by atoms with Gasteiger partial charge in [0.1, 0.15) is 11.3 Å². The molecule has 3 rings (SSSR count). The van der Waals surface area contributed by atoms with E-state index in [2.05, 4.69) is 0 Å². The maximum absolute atomic E-state index is 12.9. The van der Waals surface area contributed by atoms with Crippen molar-refractivity contribution in [2.24, 2.45) is 5.14 Å². The normalized spacial score (nSPS) is 11.6. The van der Waals surface area contributed by atoms with Crippen LogP contribution < -0.4 is 10.6 Å². The quantitative estimate of drug-likeness (QED) is 0.693. The molecule has 0 aliphatic heterocycles. The zero-order chi connectivity index (χ0) is 19.8. The Morgan fingerprint density at radius 1 is 1.15 bits per heavy atom. The van der Waals surface area contributed by atoms with Crippen LogP contribution >= 0.6 is 0 Å². The van der Waals surface area contributed by atoms with Gasteiger partial charge in [-0.25, -0.2) is 18.4 Å². The predicted octanol–water partition coefficient (Wildman–Crippen LogP) is 2.76. The van der Waals surface area contributed by atoms with E-state index >= 15 is 0 Å². The van der Waals surface area contributed by atoms with E-state index in [0.717, 1.165) is 0 Å².